The van der Waals surface area contributed by atoms with E-state index in [1.807, 2.05) is 30.3 Å². The molecule has 2 N–H and O–H groups in total. The van der Waals surface area contributed by atoms with Gasteiger partial charge in [-0.05, 0) is 30.7 Å². The normalized spacial score (nSPS) is 18.3. The van der Waals surface area contributed by atoms with E-state index in [4.69, 9.17) is 0 Å². The molecule has 1 aliphatic heterocycles. The third-order valence-corrected chi connectivity index (χ3v) is 4.19. The molecule has 1 aromatic heterocycles. The van der Waals surface area contributed by atoms with Gasteiger partial charge in [0, 0.05) is 17.7 Å². The number of rotatable bonds is 2. The molecular formula is C17H15N3O2. The number of aromatic hydroxyl groups is 1. The number of anilines is 1. The maximum Gasteiger partial charge on any atom is 0.227 e. The van der Waals surface area contributed by atoms with E-state index >= 15 is 0 Å². The second-order valence-electron chi connectivity index (χ2n) is 5.48. The number of phenols is 1. The molecule has 1 unspecified atom stereocenters. The number of fused-ring (bicyclic) bond motifs is 1. The largest absolute Gasteiger partial charge is 0.508 e. The van der Waals surface area contributed by atoms with E-state index in [0.29, 0.717) is 12.8 Å². The van der Waals surface area contributed by atoms with Gasteiger partial charge in [-0.2, -0.15) is 0 Å². The lowest BCUT2D eigenvalue weighted by Gasteiger charge is -2.25. The molecule has 1 fully saturated rings. The van der Waals surface area contributed by atoms with Crippen molar-refractivity contribution in [3.05, 3.63) is 54.4 Å². The van der Waals surface area contributed by atoms with Gasteiger partial charge in [-0.25, -0.2) is 4.98 Å². The number of para-hydroxylation sites is 1. The van der Waals surface area contributed by atoms with Crippen molar-refractivity contribution in [1.29, 1.82) is 0 Å². The van der Waals surface area contributed by atoms with Crippen LogP contribution >= 0.6 is 0 Å². The highest BCUT2D eigenvalue weighted by Gasteiger charge is 2.34. The second kappa shape index (κ2) is 4.87. The number of carbonyl (C=O) groups excluding carboxylic acids is 1. The smallest absolute Gasteiger partial charge is 0.227 e. The summed E-state index contributed by atoms with van der Waals surface area (Å²) in [6.07, 6.45) is 2.83. The summed E-state index contributed by atoms with van der Waals surface area (Å²) in [5, 5.41) is 10.1. The van der Waals surface area contributed by atoms with Crippen LogP contribution in [0.2, 0.25) is 0 Å². The van der Waals surface area contributed by atoms with Gasteiger partial charge in [0.2, 0.25) is 5.91 Å². The maximum absolute atomic E-state index is 12.4. The molecule has 0 radical (unpaired) electrons. The van der Waals surface area contributed by atoms with Gasteiger partial charge in [0.1, 0.15) is 5.75 Å². The van der Waals surface area contributed by atoms with Crippen molar-refractivity contribution >= 4 is 22.6 Å². The van der Waals surface area contributed by atoms with E-state index in [-0.39, 0.29) is 17.7 Å². The topological polar surface area (TPSA) is 69.2 Å². The number of aromatic amines is 1. The molecule has 0 saturated carbocycles. The zero-order valence-electron chi connectivity index (χ0n) is 11.9. The lowest BCUT2D eigenvalue weighted by molar-refractivity contribution is -0.117. The predicted octanol–water partition coefficient (Wildman–Crippen LogP) is 3.14. The molecule has 5 nitrogen and oxygen atoms in total. The summed E-state index contributed by atoms with van der Waals surface area (Å²) in [6.45, 7) is 0. The third-order valence-electron chi connectivity index (χ3n) is 4.19. The summed E-state index contributed by atoms with van der Waals surface area (Å²) in [6, 6.07) is 12.8. The Bertz CT molecular complexity index is 856. The van der Waals surface area contributed by atoms with Crippen LogP contribution in [0.15, 0.2) is 48.8 Å². The fourth-order valence-electron chi connectivity index (χ4n) is 3.14. The summed E-state index contributed by atoms with van der Waals surface area (Å²) >= 11 is 0. The van der Waals surface area contributed by atoms with E-state index < -0.39 is 0 Å². The fraction of sp³-hybridized carbons (Fsp3) is 0.176. The molecule has 22 heavy (non-hydrogen) atoms. The van der Waals surface area contributed by atoms with Gasteiger partial charge in [-0.3, -0.25) is 4.79 Å². The highest BCUT2D eigenvalue weighted by molar-refractivity contribution is 5.98. The monoisotopic (exact) mass is 293 g/mol. The van der Waals surface area contributed by atoms with Gasteiger partial charge in [-0.15, -0.1) is 0 Å². The van der Waals surface area contributed by atoms with Crippen LogP contribution in [0.3, 0.4) is 0 Å². The lowest BCUT2D eigenvalue weighted by atomic mass is 10.0. The van der Waals surface area contributed by atoms with Crippen LogP contribution in [0.4, 0.5) is 5.69 Å². The van der Waals surface area contributed by atoms with Crippen molar-refractivity contribution < 1.29 is 9.90 Å². The Balaban J connectivity index is 1.80. The van der Waals surface area contributed by atoms with Gasteiger partial charge in [0.15, 0.2) is 0 Å². The van der Waals surface area contributed by atoms with Crippen molar-refractivity contribution in [2.24, 2.45) is 0 Å². The average Bonchev–Trinajstić information content (AvgIpc) is 3.13. The Labute approximate surface area is 127 Å². The minimum absolute atomic E-state index is 0.0760. The molecular weight excluding hydrogens is 278 g/mol. The molecule has 1 atom stereocenters. The van der Waals surface area contributed by atoms with Gasteiger partial charge < -0.3 is 15.0 Å². The van der Waals surface area contributed by atoms with E-state index in [1.165, 1.54) is 0 Å². The zero-order chi connectivity index (χ0) is 15.1. The SMILES string of the molecule is O=C1CCC(c2ccccc2O)N1c1ccc2nc[nH]c2c1. The van der Waals surface area contributed by atoms with Crippen molar-refractivity contribution in [3.63, 3.8) is 0 Å². The number of aromatic nitrogens is 2. The van der Waals surface area contributed by atoms with E-state index in [9.17, 15) is 9.90 Å². The Kier molecular flexibility index (Phi) is 2.85. The Hall–Kier alpha value is -2.82. The molecule has 3 aromatic rings. The average molecular weight is 293 g/mol. The molecule has 5 heteroatoms. The Morgan fingerprint density at radius 1 is 1.23 bits per heavy atom. The lowest BCUT2D eigenvalue weighted by Crippen LogP contribution is -2.27. The highest BCUT2D eigenvalue weighted by Crippen LogP contribution is 2.40. The number of hydrogen-bond acceptors (Lipinski definition) is 3. The summed E-state index contributed by atoms with van der Waals surface area (Å²) in [5.41, 5.74) is 3.38. The summed E-state index contributed by atoms with van der Waals surface area (Å²) in [4.78, 5) is 21.4. The second-order valence-corrected chi connectivity index (χ2v) is 5.48. The van der Waals surface area contributed by atoms with Crippen molar-refractivity contribution in [1.82, 2.24) is 9.97 Å². The number of benzene rings is 2. The van der Waals surface area contributed by atoms with Crippen LogP contribution in [0.25, 0.3) is 11.0 Å². The standard InChI is InChI=1S/C17H15N3O2/c21-16-4-2-1-3-12(16)15-7-8-17(22)20(15)11-5-6-13-14(9-11)19-10-18-13/h1-6,9-10,15,21H,7-8H2,(H,18,19). The van der Waals surface area contributed by atoms with Gasteiger partial charge in [-0.1, -0.05) is 18.2 Å². The number of hydrogen-bond donors (Lipinski definition) is 2. The first kappa shape index (κ1) is 12.9. The molecule has 0 spiro atoms. The van der Waals surface area contributed by atoms with Crippen molar-refractivity contribution in [2.45, 2.75) is 18.9 Å². The number of nitrogens with zero attached hydrogens (tertiary/aromatic N) is 2. The molecule has 1 aliphatic rings. The quantitative estimate of drug-likeness (QED) is 0.762. The van der Waals surface area contributed by atoms with Crippen LogP contribution in [-0.4, -0.2) is 21.0 Å². The molecule has 2 aromatic carbocycles. The molecule has 1 saturated heterocycles. The number of phenolic OH excluding ortho intramolecular Hbond substituents is 1. The Morgan fingerprint density at radius 2 is 2.09 bits per heavy atom. The van der Waals surface area contributed by atoms with E-state index in [0.717, 1.165) is 22.3 Å². The third kappa shape index (κ3) is 1.94. The van der Waals surface area contributed by atoms with E-state index in [1.54, 1.807) is 23.4 Å². The minimum atomic E-state index is -0.130. The molecule has 2 heterocycles. The fourth-order valence-corrected chi connectivity index (χ4v) is 3.14. The molecule has 1 amide bonds. The van der Waals surface area contributed by atoms with Crippen LogP contribution in [0.1, 0.15) is 24.4 Å². The van der Waals surface area contributed by atoms with Gasteiger partial charge in [0.25, 0.3) is 0 Å². The number of nitrogens with one attached hydrogen (secondary N) is 1. The number of carbonyl (C=O) groups is 1. The first-order valence-electron chi connectivity index (χ1n) is 7.27. The van der Waals surface area contributed by atoms with Crippen molar-refractivity contribution in [3.8, 4) is 5.75 Å². The molecule has 0 aliphatic carbocycles. The Morgan fingerprint density at radius 3 is 2.95 bits per heavy atom. The van der Waals surface area contributed by atoms with Crippen LogP contribution < -0.4 is 4.90 Å². The first-order valence-corrected chi connectivity index (χ1v) is 7.27. The van der Waals surface area contributed by atoms with Gasteiger partial charge in [0.05, 0.1) is 23.4 Å². The zero-order valence-corrected chi connectivity index (χ0v) is 11.9. The van der Waals surface area contributed by atoms with E-state index in [2.05, 4.69) is 9.97 Å². The molecule has 4 rings (SSSR count). The summed E-state index contributed by atoms with van der Waals surface area (Å²) in [7, 11) is 0. The van der Waals surface area contributed by atoms with Crippen LogP contribution in [0.5, 0.6) is 5.75 Å². The molecule has 0 bridgehead atoms. The number of imidazole rings is 1. The summed E-state index contributed by atoms with van der Waals surface area (Å²) < 4.78 is 0. The maximum atomic E-state index is 12.4. The summed E-state index contributed by atoms with van der Waals surface area (Å²) in [5.74, 6) is 0.307. The predicted molar refractivity (Wildman–Crippen MR) is 83.7 cm³/mol. The van der Waals surface area contributed by atoms with Gasteiger partial charge >= 0.3 is 0 Å². The van der Waals surface area contributed by atoms with Crippen LogP contribution in [-0.2, 0) is 4.79 Å². The number of amides is 1. The van der Waals surface area contributed by atoms with Crippen molar-refractivity contribution in [2.75, 3.05) is 4.90 Å². The molecule has 110 valence electrons. The number of H-pyrrole nitrogens is 1. The minimum Gasteiger partial charge on any atom is -0.508 e. The first-order chi connectivity index (χ1) is 10.7. The van der Waals surface area contributed by atoms with Crippen LogP contribution in [0, 0.1) is 0 Å². The highest BCUT2D eigenvalue weighted by atomic mass is 16.3.